The Morgan fingerprint density at radius 2 is 2.04 bits per heavy atom. The summed E-state index contributed by atoms with van der Waals surface area (Å²) in [6.45, 7) is 4.31. The van der Waals surface area contributed by atoms with Crippen molar-refractivity contribution in [3.05, 3.63) is 56.5 Å². The van der Waals surface area contributed by atoms with Gasteiger partial charge in [0, 0.05) is 23.6 Å². The van der Waals surface area contributed by atoms with Crippen molar-refractivity contribution in [3.8, 4) is 0 Å². The van der Waals surface area contributed by atoms with Crippen molar-refractivity contribution < 1.29 is 9.53 Å². The molecule has 0 bridgehead atoms. The lowest BCUT2D eigenvalue weighted by Gasteiger charge is -2.04. The smallest absolute Gasteiger partial charge is 0.306 e. The van der Waals surface area contributed by atoms with E-state index in [9.17, 15) is 9.59 Å². The van der Waals surface area contributed by atoms with E-state index in [1.165, 1.54) is 4.52 Å². The average molecular weight is 390 g/mol. The van der Waals surface area contributed by atoms with E-state index < -0.39 is 0 Å². The van der Waals surface area contributed by atoms with Crippen LogP contribution in [0.25, 0.3) is 5.78 Å². The number of esters is 1. The lowest BCUT2D eigenvalue weighted by Crippen LogP contribution is -2.23. The molecule has 2 N–H and O–H groups in total. The fourth-order valence-electron chi connectivity index (χ4n) is 2.67. The summed E-state index contributed by atoms with van der Waals surface area (Å²) in [5.41, 5.74) is 1.77. The Hall–Kier alpha value is -2.87. The number of H-pyrrole nitrogens is 1. The van der Waals surface area contributed by atoms with Crippen molar-refractivity contribution in [1.29, 1.82) is 0 Å². The summed E-state index contributed by atoms with van der Waals surface area (Å²) in [4.78, 5) is 32.9. The Morgan fingerprint density at radius 3 is 2.74 bits per heavy atom. The number of aryl methyl sites for hydroxylation is 1. The van der Waals surface area contributed by atoms with Crippen LogP contribution in [-0.4, -0.2) is 32.2 Å². The third-order valence-corrected chi connectivity index (χ3v) is 4.30. The van der Waals surface area contributed by atoms with Gasteiger partial charge in [0.25, 0.3) is 11.3 Å². The van der Waals surface area contributed by atoms with E-state index in [2.05, 4.69) is 20.4 Å². The minimum absolute atomic E-state index is 0.132. The number of ether oxygens (including phenoxy) is 1. The number of benzene rings is 1. The number of aromatic amines is 1. The van der Waals surface area contributed by atoms with Crippen LogP contribution in [0, 0.1) is 6.92 Å². The lowest BCUT2D eigenvalue weighted by atomic mass is 10.1. The van der Waals surface area contributed by atoms with Gasteiger partial charge < -0.3 is 10.1 Å². The van der Waals surface area contributed by atoms with Crippen molar-refractivity contribution in [2.24, 2.45) is 0 Å². The summed E-state index contributed by atoms with van der Waals surface area (Å²) in [5, 5.41) is 6.69. The van der Waals surface area contributed by atoms with E-state index in [0.717, 1.165) is 5.56 Å². The van der Waals surface area contributed by atoms with Gasteiger partial charge >= 0.3 is 5.97 Å². The number of carbonyl (C=O) groups is 1. The zero-order valence-electron chi connectivity index (χ0n) is 15.1. The summed E-state index contributed by atoms with van der Waals surface area (Å²) >= 11 is 5.88. The number of hydrogen-bond acceptors (Lipinski definition) is 6. The van der Waals surface area contributed by atoms with Gasteiger partial charge in [0.1, 0.15) is 0 Å². The van der Waals surface area contributed by atoms with E-state index in [0.29, 0.717) is 35.4 Å². The first-order valence-electron chi connectivity index (χ1n) is 8.60. The van der Waals surface area contributed by atoms with Crippen molar-refractivity contribution in [3.63, 3.8) is 0 Å². The highest BCUT2D eigenvalue weighted by Crippen LogP contribution is 2.12. The molecule has 0 unspecified atom stereocenters. The number of carbonyl (C=O) groups excluding carboxylic acids is 1. The maximum absolute atomic E-state index is 12.7. The monoisotopic (exact) mass is 389 g/mol. The molecule has 0 saturated carbocycles. The van der Waals surface area contributed by atoms with Gasteiger partial charge in [-0.2, -0.15) is 9.50 Å². The molecule has 0 spiro atoms. The van der Waals surface area contributed by atoms with Gasteiger partial charge in [0.05, 0.1) is 12.3 Å². The number of nitrogens with one attached hydrogen (secondary N) is 2. The first kappa shape index (κ1) is 18.9. The van der Waals surface area contributed by atoms with Crippen molar-refractivity contribution in [1.82, 2.24) is 19.6 Å². The molecule has 3 rings (SSSR count). The second-order valence-corrected chi connectivity index (χ2v) is 6.41. The van der Waals surface area contributed by atoms with Crippen molar-refractivity contribution in [2.75, 3.05) is 11.9 Å². The molecule has 27 heavy (non-hydrogen) atoms. The predicted molar refractivity (Wildman–Crippen MR) is 102 cm³/mol. The van der Waals surface area contributed by atoms with Gasteiger partial charge in [-0.25, -0.2) is 4.98 Å². The maximum atomic E-state index is 12.7. The number of rotatable bonds is 7. The highest BCUT2D eigenvalue weighted by molar-refractivity contribution is 6.30. The largest absolute Gasteiger partial charge is 0.466 e. The van der Waals surface area contributed by atoms with Crippen LogP contribution in [0.15, 0.2) is 29.1 Å². The van der Waals surface area contributed by atoms with Gasteiger partial charge in [-0.3, -0.25) is 14.7 Å². The molecule has 9 heteroatoms. The molecular weight excluding hydrogens is 370 g/mol. The molecule has 0 aliphatic carbocycles. The SMILES string of the molecule is CCOC(=O)CCc1c(C)nc2nc(NCc3ccc(Cl)cc3)[nH]n2c1=O. The molecule has 3 aromatic rings. The number of hydrogen-bond donors (Lipinski definition) is 2. The summed E-state index contributed by atoms with van der Waals surface area (Å²) < 4.78 is 6.19. The second kappa shape index (κ2) is 8.22. The van der Waals surface area contributed by atoms with Gasteiger partial charge in [0.2, 0.25) is 5.95 Å². The van der Waals surface area contributed by atoms with Gasteiger partial charge in [-0.1, -0.05) is 23.7 Å². The quantitative estimate of drug-likeness (QED) is 0.602. The van der Waals surface area contributed by atoms with E-state index in [1.807, 2.05) is 24.3 Å². The minimum atomic E-state index is -0.337. The molecule has 2 aromatic heterocycles. The summed E-state index contributed by atoms with van der Waals surface area (Å²) in [6, 6.07) is 7.42. The average Bonchev–Trinajstić information content (AvgIpc) is 3.04. The van der Waals surface area contributed by atoms with Crippen LogP contribution in [0.1, 0.15) is 30.2 Å². The summed E-state index contributed by atoms with van der Waals surface area (Å²) in [5.74, 6) is 0.365. The number of anilines is 1. The molecule has 0 atom stereocenters. The highest BCUT2D eigenvalue weighted by Gasteiger charge is 2.15. The van der Waals surface area contributed by atoms with E-state index in [4.69, 9.17) is 16.3 Å². The first-order chi connectivity index (χ1) is 13.0. The minimum Gasteiger partial charge on any atom is -0.466 e. The Kier molecular flexibility index (Phi) is 5.75. The number of halogens is 1. The Labute approximate surface area is 160 Å². The number of aromatic nitrogens is 4. The summed E-state index contributed by atoms with van der Waals surface area (Å²) in [7, 11) is 0. The van der Waals surface area contributed by atoms with Crippen LogP contribution in [0.5, 0.6) is 0 Å². The molecule has 0 aliphatic heterocycles. The van der Waals surface area contributed by atoms with E-state index in [1.54, 1.807) is 13.8 Å². The number of nitrogens with zero attached hydrogens (tertiary/aromatic N) is 3. The standard InChI is InChI=1S/C18H20ClN5O3/c1-3-27-15(25)9-8-14-11(2)21-18-22-17(23-24(18)16(14)26)20-10-12-4-6-13(19)7-5-12/h4-7H,3,8-10H2,1-2H3,(H2,20,21,22,23). The Bertz CT molecular complexity index is 1010. The van der Waals surface area contributed by atoms with Crippen LogP contribution in [0.2, 0.25) is 5.02 Å². The van der Waals surface area contributed by atoms with E-state index >= 15 is 0 Å². The Morgan fingerprint density at radius 1 is 1.30 bits per heavy atom. The first-order valence-corrected chi connectivity index (χ1v) is 8.98. The molecule has 2 heterocycles. The van der Waals surface area contributed by atoms with Crippen LogP contribution in [-0.2, 0) is 22.5 Å². The zero-order valence-corrected chi connectivity index (χ0v) is 15.8. The fraction of sp³-hybridized carbons (Fsp3) is 0.333. The maximum Gasteiger partial charge on any atom is 0.306 e. The fourth-order valence-corrected chi connectivity index (χ4v) is 2.80. The normalized spacial score (nSPS) is 10.9. The third-order valence-electron chi connectivity index (χ3n) is 4.05. The zero-order chi connectivity index (χ0) is 19.4. The second-order valence-electron chi connectivity index (χ2n) is 5.97. The number of fused-ring (bicyclic) bond motifs is 1. The summed E-state index contributed by atoms with van der Waals surface area (Å²) in [6.07, 6.45) is 0.402. The third kappa shape index (κ3) is 4.46. The van der Waals surface area contributed by atoms with E-state index in [-0.39, 0.29) is 30.1 Å². The molecule has 0 amide bonds. The van der Waals surface area contributed by atoms with Crippen LogP contribution in [0.4, 0.5) is 5.95 Å². The topological polar surface area (TPSA) is 101 Å². The molecule has 8 nitrogen and oxygen atoms in total. The molecule has 0 fully saturated rings. The molecule has 142 valence electrons. The molecule has 1 aromatic carbocycles. The molecule has 0 radical (unpaired) electrons. The molecular formula is C18H20ClN5O3. The van der Waals surface area contributed by atoms with Crippen molar-refractivity contribution >= 4 is 29.3 Å². The van der Waals surface area contributed by atoms with Gasteiger partial charge in [-0.15, -0.1) is 0 Å². The van der Waals surface area contributed by atoms with Gasteiger partial charge in [-0.05, 0) is 38.0 Å². The Balaban J connectivity index is 1.78. The van der Waals surface area contributed by atoms with Crippen molar-refractivity contribution in [2.45, 2.75) is 33.2 Å². The highest BCUT2D eigenvalue weighted by atomic mass is 35.5. The molecule has 0 aliphatic rings. The van der Waals surface area contributed by atoms with Crippen LogP contribution < -0.4 is 10.9 Å². The van der Waals surface area contributed by atoms with Crippen LogP contribution in [0.3, 0.4) is 0 Å². The predicted octanol–water partition coefficient (Wildman–Crippen LogP) is 2.49. The lowest BCUT2D eigenvalue weighted by molar-refractivity contribution is -0.143. The van der Waals surface area contributed by atoms with Gasteiger partial charge in [0.15, 0.2) is 0 Å². The van der Waals surface area contributed by atoms with Crippen LogP contribution >= 0.6 is 11.6 Å². The molecule has 0 saturated heterocycles.